The maximum atomic E-state index is 2.57. The van der Waals surface area contributed by atoms with Crippen LogP contribution in [0, 0.1) is 16.7 Å². The highest BCUT2D eigenvalue weighted by molar-refractivity contribution is 4.99. The lowest BCUT2D eigenvalue weighted by Crippen LogP contribution is -2.37. The molecule has 86 valence electrons. The third-order valence-corrected chi connectivity index (χ3v) is 6.20. The first-order valence-corrected chi connectivity index (χ1v) is 7.25. The van der Waals surface area contributed by atoms with Crippen LogP contribution in [0.4, 0.5) is 0 Å². The molecular formula is C15H26. The van der Waals surface area contributed by atoms with Crippen molar-refractivity contribution in [3.05, 3.63) is 0 Å². The quantitative estimate of drug-likeness (QED) is 0.527. The second kappa shape index (κ2) is 3.50. The monoisotopic (exact) mass is 206 g/mol. The summed E-state index contributed by atoms with van der Waals surface area (Å²) in [6.45, 7) is 2.57. The van der Waals surface area contributed by atoms with Gasteiger partial charge in [-0.2, -0.15) is 0 Å². The largest absolute Gasteiger partial charge is 0.0620 e. The fraction of sp³-hybridized carbons (Fsp3) is 1.00. The van der Waals surface area contributed by atoms with Crippen LogP contribution in [0.2, 0.25) is 0 Å². The van der Waals surface area contributed by atoms with E-state index in [1.165, 1.54) is 25.7 Å². The second-order valence-corrected chi connectivity index (χ2v) is 6.88. The van der Waals surface area contributed by atoms with Crippen molar-refractivity contribution in [3.8, 4) is 0 Å². The standard InChI is InChI=1S/C15H26/c1-13-12-14(6-2-3-7-14)10-11-15(13)8-4-5-9-15/h13H,2-12H2,1H3. The Hall–Kier alpha value is 0. The Bertz CT molecular complexity index is 228. The molecule has 0 aliphatic heterocycles. The minimum Gasteiger partial charge on any atom is -0.0620 e. The van der Waals surface area contributed by atoms with E-state index in [1.54, 1.807) is 44.9 Å². The summed E-state index contributed by atoms with van der Waals surface area (Å²) in [6.07, 6.45) is 17.1. The van der Waals surface area contributed by atoms with Gasteiger partial charge in [0.25, 0.3) is 0 Å². The first-order chi connectivity index (χ1) is 7.25. The Morgan fingerprint density at radius 1 is 0.733 bits per heavy atom. The Labute approximate surface area is 94.8 Å². The van der Waals surface area contributed by atoms with Crippen LogP contribution in [0.25, 0.3) is 0 Å². The van der Waals surface area contributed by atoms with Gasteiger partial charge in [0.1, 0.15) is 0 Å². The molecule has 0 radical (unpaired) electrons. The summed E-state index contributed by atoms with van der Waals surface area (Å²) in [5.74, 6) is 1.03. The van der Waals surface area contributed by atoms with Crippen molar-refractivity contribution in [2.75, 3.05) is 0 Å². The van der Waals surface area contributed by atoms with Gasteiger partial charge in [-0.15, -0.1) is 0 Å². The topological polar surface area (TPSA) is 0 Å². The molecule has 15 heavy (non-hydrogen) atoms. The summed E-state index contributed by atoms with van der Waals surface area (Å²) in [7, 11) is 0. The summed E-state index contributed by atoms with van der Waals surface area (Å²) in [5.41, 5.74) is 1.64. The zero-order valence-electron chi connectivity index (χ0n) is 10.4. The van der Waals surface area contributed by atoms with E-state index in [-0.39, 0.29) is 0 Å². The SMILES string of the molecule is CC1CC2(CCCC2)CCC12CCCC2. The Balaban J connectivity index is 1.74. The lowest BCUT2D eigenvalue weighted by Gasteiger charge is -2.48. The predicted molar refractivity (Wildman–Crippen MR) is 64.8 cm³/mol. The third kappa shape index (κ3) is 1.56. The maximum Gasteiger partial charge on any atom is -0.0271 e. The van der Waals surface area contributed by atoms with Gasteiger partial charge >= 0.3 is 0 Å². The maximum absolute atomic E-state index is 2.57. The van der Waals surface area contributed by atoms with Gasteiger partial charge in [0, 0.05) is 0 Å². The van der Waals surface area contributed by atoms with Crippen molar-refractivity contribution in [3.63, 3.8) is 0 Å². The van der Waals surface area contributed by atoms with Gasteiger partial charge in [-0.3, -0.25) is 0 Å². The van der Waals surface area contributed by atoms with Gasteiger partial charge in [-0.1, -0.05) is 32.6 Å². The second-order valence-electron chi connectivity index (χ2n) is 6.88. The number of hydrogen-bond acceptors (Lipinski definition) is 0. The average Bonchev–Trinajstić information content (AvgIpc) is 2.83. The molecule has 3 rings (SSSR count). The molecule has 0 aromatic heterocycles. The number of rotatable bonds is 0. The highest BCUT2D eigenvalue weighted by Gasteiger charge is 2.48. The van der Waals surface area contributed by atoms with Crippen molar-refractivity contribution in [2.24, 2.45) is 16.7 Å². The van der Waals surface area contributed by atoms with E-state index in [4.69, 9.17) is 0 Å². The van der Waals surface area contributed by atoms with Gasteiger partial charge in [-0.05, 0) is 61.7 Å². The van der Waals surface area contributed by atoms with Crippen molar-refractivity contribution in [2.45, 2.75) is 77.6 Å². The average molecular weight is 206 g/mol. The van der Waals surface area contributed by atoms with Crippen molar-refractivity contribution in [1.29, 1.82) is 0 Å². The lowest BCUT2D eigenvalue weighted by molar-refractivity contribution is 0.0255. The minimum atomic E-state index is 0.813. The van der Waals surface area contributed by atoms with Crippen LogP contribution in [0.3, 0.4) is 0 Å². The van der Waals surface area contributed by atoms with Gasteiger partial charge in [-0.25, -0.2) is 0 Å². The minimum absolute atomic E-state index is 0.813. The van der Waals surface area contributed by atoms with E-state index in [0.717, 1.165) is 16.7 Å². The molecule has 3 aliphatic carbocycles. The number of hydrogen-bond donors (Lipinski definition) is 0. The Morgan fingerprint density at radius 2 is 1.33 bits per heavy atom. The summed E-state index contributed by atoms with van der Waals surface area (Å²) in [5, 5.41) is 0. The van der Waals surface area contributed by atoms with Gasteiger partial charge in [0.2, 0.25) is 0 Å². The van der Waals surface area contributed by atoms with E-state index >= 15 is 0 Å². The van der Waals surface area contributed by atoms with Crippen molar-refractivity contribution >= 4 is 0 Å². The molecule has 0 amide bonds. The molecule has 3 saturated carbocycles. The first kappa shape index (κ1) is 10.2. The fourth-order valence-corrected chi connectivity index (χ4v) is 5.13. The summed E-state index contributed by atoms with van der Waals surface area (Å²) in [4.78, 5) is 0. The highest BCUT2D eigenvalue weighted by atomic mass is 14.5. The molecule has 0 aromatic carbocycles. The van der Waals surface area contributed by atoms with E-state index in [2.05, 4.69) is 6.92 Å². The van der Waals surface area contributed by atoms with Crippen molar-refractivity contribution < 1.29 is 0 Å². The first-order valence-electron chi connectivity index (χ1n) is 7.25. The fourth-order valence-electron chi connectivity index (χ4n) is 5.13. The molecule has 0 heteroatoms. The van der Waals surface area contributed by atoms with Crippen LogP contribution < -0.4 is 0 Å². The molecule has 2 spiro atoms. The Kier molecular flexibility index (Phi) is 2.37. The summed E-state index contributed by atoms with van der Waals surface area (Å²) >= 11 is 0. The van der Waals surface area contributed by atoms with Crippen LogP contribution in [0.1, 0.15) is 77.6 Å². The van der Waals surface area contributed by atoms with E-state index in [0.29, 0.717) is 0 Å². The van der Waals surface area contributed by atoms with Crippen LogP contribution in [0.15, 0.2) is 0 Å². The summed E-state index contributed by atoms with van der Waals surface area (Å²) < 4.78 is 0. The molecule has 3 fully saturated rings. The molecule has 0 aromatic rings. The summed E-state index contributed by atoms with van der Waals surface area (Å²) in [6, 6.07) is 0. The lowest BCUT2D eigenvalue weighted by atomic mass is 9.57. The van der Waals surface area contributed by atoms with Gasteiger partial charge in [0.05, 0.1) is 0 Å². The molecule has 0 bridgehead atoms. The van der Waals surface area contributed by atoms with Crippen LogP contribution in [0.5, 0.6) is 0 Å². The zero-order valence-corrected chi connectivity index (χ0v) is 10.4. The third-order valence-electron chi connectivity index (χ3n) is 6.20. The molecule has 0 N–H and O–H groups in total. The zero-order chi connectivity index (χ0) is 10.4. The van der Waals surface area contributed by atoms with Crippen LogP contribution in [-0.4, -0.2) is 0 Å². The Morgan fingerprint density at radius 3 is 1.93 bits per heavy atom. The van der Waals surface area contributed by atoms with Crippen molar-refractivity contribution in [1.82, 2.24) is 0 Å². The molecule has 1 atom stereocenters. The van der Waals surface area contributed by atoms with E-state index in [9.17, 15) is 0 Å². The van der Waals surface area contributed by atoms with E-state index in [1.807, 2.05) is 0 Å². The van der Waals surface area contributed by atoms with Crippen LogP contribution >= 0.6 is 0 Å². The van der Waals surface area contributed by atoms with Gasteiger partial charge < -0.3 is 0 Å². The van der Waals surface area contributed by atoms with E-state index < -0.39 is 0 Å². The molecule has 0 nitrogen and oxygen atoms in total. The normalized spacial score (nSPS) is 37.8. The van der Waals surface area contributed by atoms with Crippen LogP contribution in [-0.2, 0) is 0 Å². The smallest absolute Gasteiger partial charge is 0.0271 e. The molecular weight excluding hydrogens is 180 g/mol. The highest BCUT2D eigenvalue weighted by Crippen LogP contribution is 2.60. The predicted octanol–water partition coefficient (Wildman–Crippen LogP) is 4.93. The molecule has 0 saturated heterocycles. The van der Waals surface area contributed by atoms with Gasteiger partial charge in [0.15, 0.2) is 0 Å². The molecule has 0 heterocycles. The molecule has 3 aliphatic rings. The molecule has 1 unspecified atom stereocenters.